The molecule has 0 aromatic heterocycles. The average Bonchev–Trinajstić information content (AvgIpc) is 2.20. The molecule has 0 aliphatic carbocycles. The third kappa shape index (κ3) is 7.68. The predicted octanol–water partition coefficient (Wildman–Crippen LogP) is 2.31. The summed E-state index contributed by atoms with van der Waals surface area (Å²) in [7, 11) is 2.13. The molecule has 3 nitrogen and oxygen atoms in total. The molecule has 0 rings (SSSR count). The van der Waals surface area contributed by atoms with Crippen molar-refractivity contribution in [1.82, 2.24) is 4.90 Å². The summed E-state index contributed by atoms with van der Waals surface area (Å²) in [5, 5.41) is 8.50. The van der Waals surface area contributed by atoms with E-state index in [4.69, 9.17) is 5.11 Å². The van der Waals surface area contributed by atoms with E-state index >= 15 is 0 Å². The molecule has 1 N–H and O–H groups in total. The fourth-order valence-corrected chi connectivity index (χ4v) is 2.44. The molecule has 90 valence electrons. The van der Waals surface area contributed by atoms with Crippen LogP contribution in [0.1, 0.15) is 32.6 Å². The SMILES string of the molecule is CCC(CSC)N(C)CCCCC(=O)O. The zero-order valence-electron chi connectivity index (χ0n) is 10.0. The quantitative estimate of drug-likeness (QED) is 0.620. The van der Waals surface area contributed by atoms with Gasteiger partial charge in [0.2, 0.25) is 0 Å². The van der Waals surface area contributed by atoms with Crippen LogP contribution in [0.5, 0.6) is 0 Å². The lowest BCUT2D eigenvalue weighted by Crippen LogP contribution is -2.34. The van der Waals surface area contributed by atoms with Gasteiger partial charge in [0.1, 0.15) is 0 Å². The number of nitrogens with zero attached hydrogens (tertiary/aromatic N) is 1. The summed E-state index contributed by atoms with van der Waals surface area (Å²) in [6.07, 6.45) is 5.35. The van der Waals surface area contributed by atoms with Gasteiger partial charge < -0.3 is 10.0 Å². The van der Waals surface area contributed by atoms with Crippen molar-refractivity contribution in [2.75, 3.05) is 25.6 Å². The summed E-state index contributed by atoms with van der Waals surface area (Å²) >= 11 is 1.87. The van der Waals surface area contributed by atoms with E-state index in [1.54, 1.807) is 0 Å². The molecule has 4 heteroatoms. The van der Waals surface area contributed by atoms with E-state index in [0.29, 0.717) is 12.5 Å². The molecule has 1 unspecified atom stereocenters. The second-order valence-electron chi connectivity index (χ2n) is 3.85. The van der Waals surface area contributed by atoms with Gasteiger partial charge in [-0.25, -0.2) is 0 Å². The maximum absolute atomic E-state index is 10.3. The molecule has 0 aliphatic heterocycles. The van der Waals surface area contributed by atoms with Crippen LogP contribution in [0.15, 0.2) is 0 Å². The van der Waals surface area contributed by atoms with Gasteiger partial charge in [-0.2, -0.15) is 11.8 Å². The molecule has 1 atom stereocenters. The molecule has 0 bridgehead atoms. The van der Waals surface area contributed by atoms with Crippen LogP contribution in [0.3, 0.4) is 0 Å². The summed E-state index contributed by atoms with van der Waals surface area (Å²) < 4.78 is 0. The molecule has 0 spiro atoms. The number of thioether (sulfide) groups is 1. The minimum atomic E-state index is -0.686. The lowest BCUT2D eigenvalue weighted by molar-refractivity contribution is -0.137. The number of carboxylic acids is 1. The number of carboxylic acid groups (broad SMARTS) is 1. The van der Waals surface area contributed by atoms with E-state index in [1.165, 1.54) is 0 Å². The highest BCUT2D eigenvalue weighted by Gasteiger charge is 2.11. The predicted molar refractivity (Wildman–Crippen MR) is 66.6 cm³/mol. The van der Waals surface area contributed by atoms with Crippen molar-refractivity contribution in [3.8, 4) is 0 Å². The molecule has 0 saturated carbocycles. The summed E-state index contributed by atoms with van der Waals surface area (Å²) in [6.45, 7) is 3.21. The maximum atomic E-state index is 10.3. The van der Waals surface area contributed by atoms with E-state index < -0.39 is 5.97 Å². The topological polar surface area (TPSA) is 40.5 Å². The Hall–Kier alpha value is -0.220. The monoisotopic (exact) mass is 233 g/mol. The smallest absolute Gasteiger partial charge is 0.303 e. The molecule has 0 aromatic carbocycles. The van der Waals surface area contributed by atoms with E-state index in [9.17, 15) is 4.79 Å². The summed E-state index contributed by atoms with van der Waals surface area (Å²) in [5.74, 6) is 0.472. The van der Waals surface area contributed by atoms with Crippen LogP contribution < -0.4 is 0 Å². The van der Waals surface area contributed by atoms with Crippen molar-refractivity contribution >= 4 is 17.7 Å². The zero-order chi connectivity index (χ0) is 11.7. The van der Waals surface area contributed by atoms with Gasteiger partial charge in [-0.1, -0.05) is 6.92 Å². The number of unbranched alkanes of at least 4 members (excludes halogenated alkanes) is 1. The van der Waals surface area contributed by atoms with Crippen molar-refractivity contribution in [2.24, 2.45) is 0 Å². The van der Waals surface area contributed by atoms with Crippen molar-refractivity contribution in [3.05, 3.63) is 0 Å². The number of rotatable bonds is 9. The Labute approximate surface area is 97.2 Å². The van der Waals surface area contributed by atoms with E-state index in [-0.39, 0.29) is 0 Å². The first-order chi connectivity index (χ1) is 7.11. The van der Waals surface area contributed by atoms with Crippen LogP contribution in [0.25, 0.3) is 0 Å². The summed E-state index contributed by atoms with van der Waals surface area (Å²) in [4.78, 5) is 12.7. The van der Waals surface area contributed by atoms with Crippen molar-refractivity contribution < 1.29 is 9.90 Å². The summed E-state index contributed by atoms with van der Waals surface area (Å²) in [5.41, 5.74) is 0. The fourth-order valence-electron chi connectivity index (χ4n) is 1.57. The minimum absolute atomic E-state index is 0.299. The molecule has 0 aromatic rings. The van der Waals surface area contributed by atoms with Crippen molar-refractivity contribution in [2.45, 2.75) is 38.6 Å². The Bertz CT molecular complexity index is 176. The first kappa shape index (κ1) is 14.8. The van der Waals surface area contributed by atoms with Crippen LogP contribution >= 0.6 is 11.8 Å². The Kier molecular flexibility index (Phi) is 8.91. The minimum Gasteiger partial charge on any atom is -0.481 e. The van der Waals surface area contributed by atoms with E-state index in [2.05, 4.69) is 25.1 Å². The van der Waals surface area contributed by atoms with Gasteiger partial charge >= 0.3 is 5.97 Å². The first-order valence-electron chi connectivity index (χ1n) is 5.52. The molecule has 0 fully saturated rings. The van der Waals surface area contributed by atoms with Gasteiger partial charge in [0, 0.05) is 18.2 Å². The van der Waals surface area contributed by atoms with E-state index in [0.717, 1.165) is 31.6 Å². The third-order valence-electron chi connectivity index (χ3n) is 2.61. The zero-order valence-corrected chi connectivity index (χ0v) is 10.8. The molecular formula is C11H23NO2S. The van der Waals surface area contributed by atoms with Crippen LogP contribution in [0, 0.1) is 0 Å². The number of carbonyl (C=O) groups is 1. The largest absolute Gasteiger partial charge is 0.481 e. The highest BCUT2D eigenvalue weighted by molar-refractivity contribution is 7.98. The van der Waals surface area contributed by atoms with Crippen LogP contribution in [0.4, 0.5) is 0 Å². The Morgan fingerprint density at radius 1 is 1.47 bits per heavy atom. The maximum Gasteiger partial charge on any atom is 0.303 e. The molecule has 0 heterocycles. The molecule has 0 saturated heterocycles. The Balaban J connectivity index is 3.61. The number of hydrogen-bond acceptors (Lipinski definition) is 3. The summed E-state index contributed by atoms with van der Waals surface area (Å²) in [6, 6.07) is 0.629. The second-order valence-corrected chi connectivity index (χ2v) is 4.76. The standard InChI is InChI=1S/C11H23NO2S/c1-4-10(9-15-3)12(2)8-6-5-7-11(13)14/h10H,4-9H2,1-3H3,(H,13,14). The van der Waals surface area contributed by atoms with Gasteiger partial charge in [-0.15, -0.1) is 0 Å². The fraction of sp³-hybridized carbons (Fsp3) is 0.909. The van der Waals surface area contributed by atoms with E-state index in [1.807, 2.05) is 11.8 Å². The van der Waals surface area contributed by atoms with Crippen molar-refractivity contribution in [3.63, 3.8) is 0 Å². The highest BCUT2D eigenvalue weighted by Crippen LogP contribution is 2.09. The van der Waals surface area contributed by atoms with Gasteiger partial charge in [-0.05, 0) is 39.1 Å². The van der Waals surface area contributed by atoms with Crippen LogP contribution in [-0.2, 0) is 4.79 Å². The van der Waals surface area contributed by atoms with Crippen LogP contribution in [-0.4, -0.2) is 47.6 Å². The number of aliphatic carboxylic acids is 1. The molecule has 0 amide bonds. The lowest BCUT2D eigenvalue weighted by atomic mass is 10.2. The van der Waals surface area contributed by atoms with Gasteiger partial charge in [-0.3, -0.25) is 4.79 Å². The number of hydrogen-bond donors (Lipinski definition) is 1. The average molecular weight is 233 g/mol. The second kappa shape index (κ2) is 9.04. The van der Waals surface area contributed by atoms with Gasteiger partial charge in [0.05, 0.1) is 0 Å². The first-order valence-corrected chi connectivity index (χ1v) is 6.92. The Morgan fingerprint density at radius 3 is 2.60 bits per heavy atom. The molecular weight excluding hydrogens is 210 g/mol. The molecule has 0 radical (unpaired) electrons. The van der Waals surface area contributed by atoms with Gasteiger partial charge in [0.15, 0.2) is 0 Å². The van der Waals surface area contributed by atoms with Crippen molar-refractivity contribution in [1.29, 1.82) is 0 Å². The highest BCUT2D eigenvalue weighted by atomic mass is 32.2. The normalized spacial score (nSPS) is 13.1. The third-order valence-corrected chi connectivity index (χ3v) is 3.32. The van der Waals surface area contributed by atoms with Crippen LogP contribution in [0.2, 0.25) is 0 Å². The molecule has 0 aliphatic rings. The molecule has 15 heavy (non-hydrogen) atoms. The Morgan fingerprint density at radius 2 is 2.13 bits per heavy atom. The van der Waals surface area contributed by atoms with Gasteiger partial charge in [0.25, 0.3) is 0 Å². The lowest BCUT2D eigenvalue weighted by Gasteiger charge is -2.26.